The van der Waals surface area contributed by atoms with Crippen LogP contribution < -0.4 is 14.8 Å². The highest BCUT2D eigenvalue weighted by Gasteiger charge is 2.20. The predicted molar refractivity (Wildman–Crippen MR) is 117 cm³/mol. The van der Waals surface area contributed by atoms with Crippen LogP contribution in [-0.2, 0) is 11.3 Å². The summed E-state index contributed by atoms with van der Waals surface area (Å²) in [6.45, 7) is 6.70. The van der Waals surface area contributed by atoms with E-state index in [4.69, 9.17) is 9.47 Å². The van der Waals surface area contributed by atoms with Crippen molar-refractivity contribution >= 4 is 17.5 Å². The maximum absolute atomic E-state index is 12.7. The summed E-state index contributed by atoms with van der Waals surface area (Å²) in [7, 11) is 0. The fraction of sp³-hybridized carbons (Fsp3) is 0.417. The Kier molecular flexibility index (Phi) is 7.71. The van der Waals surface area contributed by atoms with E-state index < -0.39 is 0 Å². The summed E-state index contributed by atoms with van der Waals surface area (Å²) in [5.74, 6) is 1.32. The van der Waals surface area contributed by atoms with Crippen LogP contribution in [-0.4, -0.2) is 36.5 Å². The zero-order valence-electron chi connectivity index (χ0n) is 17.8. The second kappa shape index (κ2) is 10.7. The van der Waals surface area contributed by atoms with E-state index in [1.54, 1.807) is 18.2 Å². The number of hydrogen-bond acceptors (Lipinski definition) is 4. The number of hydrogen-bond donors (Lipinski definition) is 1. The van der Waals surface area contributed by atoms with Crippen molar-refractivity contribution in [3.05, 3.63) is 53.6 Å². The largest absolute Gasteiger partial charge is 0.490 e. The quantitative estimate of drug-likeness (QED) is 0.620. The van der Waals surface area contributed by atoms with Crippen molar-refractivity contribution in [3.63, 3.8) is 0 Å². The second-order valence-electron chi connectivity index (χ2n) is 7.43. The van der Waals surface area contributed by atoms with Crippen LogP contribution in [0.5, 0.6) is 11.5 Å². The van der Waals surface area contributed by atoms with Gasteiger partial charge in [-0.05, 0) is 49.1 Å². The standard InChI is InChI=1S/C24H30N2O4/c1-3-14-29-21-12-11-20(16-22(21)30-15-4-2)25-24(28)19-9-7-18(8-10-19)17-26-13-5-6-23(26)27/h7-12,16H,3-6,13-15,17H2,1-2H3,(H,25,28). The molecule has 0 aliphatic carbocycles. The molecule has 1 aliphatic rings. The summed E-state index contributed by atoms with van der Waals surface area (Å²) < 4.78 is 11.5. The number of nitrogens with one attached hydrogen (secondary N) is 1. The number of benzene rings is 2. The molecule has 6 nitrogen and oxygen atoms in total. The topological polar surface area (TPSA) is 67.9 Å². The van der Waals surface area contributed by atoms with Gasteiger partial charge in [0.1, 0.15) is 0 Å². The zero-order valence-corrected chi connectivity index (χ0v) is 17.8. The molecule has 0 radical (unpaired) electrons. The molecule has 0 atom stereocenters. The summed E-state index contributed by atoms with van der Waals surface area (Å²) in [6.07, 6.45) is 3.35. The molecule has 160 valence electrons. The molecular formula is C24H30N2O4. The fourth-order valence-corrected chi connectivity index (χ4v) is 3.30. The summed E-state index contributed by atoms with van der Waals surface area (Å²) in [4.78, 5) is 26.3. The van der Waals surface area contributed by atoms with Crippen molar-refractivity contribution in [2.24, 2.45) is 0 Å². The van der Waals surface area contributed by atoms with Gasteiger partial charge in [0, 0.05) is 36.8 Å². The van der Waals surface area contributed by atoms with Gasteiger partial charge in [-0.1, -0.05) is 26.0 Å². The molecule has 3 rings (SSSR count). The van der Waals surface area contributed by atoms with Crippen LogP contribution in [0, 0.1) is 0 Å². The molecule has 2 amide bonds. The molecule has 2 aromatic carbocycles. The Morgan fingerprint density at radius 1 is 1.00 bits per heavy atom. The van der Waals surface area contributed by atoms with Crippen molar-refractivity contribution in [2.75, 3.05) is 25.1 Å². The molecule has 1 aliphatic heterocycles. The Morgan fingerprint density at radius 2 is 1.70 bits per heavy atom. The number of amides is 2. The molecule has 0 unspecified atom stereocenters. The van der Waals surface area contributed by atoms with E-state index in [9.17, 15) is 9.59 Å². The highest BCUT2D eigenvalue weighted by Crippen LogP contribution is 2.31. The van der Waals surface area contributed by atoms with Crippen LogP contribution in [0.2, 0.25) is 0 Å². The fourth-order valence-electron chi connectivity index (χ4n) is 3.30. The number of carbonyl (C=O) groups is 2. The highest BCUT2D eigenvalue weighted by atomic mass is 16.5. The van der Waals surface area contributed by atoms with Crippen molar-refractivity contribution in [1.82, 2.24) is 4.90 Å². The number of rotatable bonds is 10. The SMILES string of the molecule is CCCOc1ccc(NC(=O)c2ccc(CN3CCCC3=O)cc2)cc1OCCC. The van der Waals surface area contributed by atoms with Gasteiger partial charge in [0.15, 0.2) is 11.5 Å². The van der Waals surface area contributed by atoms with Gasteiger partial charge in [-0.2, -0.15) is 0 Å². The summed E-state index contributed by atoms with van der Waals surface area (Å²) in [5.41, 5.74) is 2.24. The zero-order chi connectivity index (χ0) is 21.3. The molecule has 1 saturated heterocycles. The van der Waals surface area contributed by atoms with Crippen LogP contribution in [0.15, 0.2) is 42.5 Å². The first kappa shape index (κ1) is 21.7. The molecule has 1 fully saturated rings. The molecular weight excluding hydrogens is 380 g/mol. The third-order valence-electron chi connectivity index (χ3n) is 4.89. The summed E-state index contributed by atoms with van der Waals surface area (Å²) >= 11 is 0. The van der Waals surface area contributed by atoms with Gasteiger partial charge < -0.3 is 19.7 Å². The number of carbonyl (C=O) groups excluding carboxylic acids is 2. The number of ether oxygens (including phenoxy) is 2. The van der Waals surface area contributed by atoms with Gasteiger partial charge in [-0.15, -0.1) is 0 Å². The molecule has 0 bridgehead atoms. The minimum absolute atomic E-state index is 0.192. The van der Waals surface area contributed by atoms with Gasteiger partial charge in [-0.25, -0.2) is 0 Å². The minimum atomic E-state index is -0.192. The molecule has 0 saturated carbocycles. The molecule has 0 aromatic heterocycles. The molecule has 1 N–H and O–H groups in total. The van der Waals surface area contributed by atoms with Gasteiger partial charge >= 0.3 is 0 Å². The summed E-state index contributed by atoms with van der Waals surface area (Å²) in [6, 6.07) is 12.8. The number of likely N-dealkylation sites (tertiary alicyclic amines) is 1. The van der Waals surface area contributed by atoms with E-state index in [2.05, 4.69) is 12.2 Å². The lowest BCUT2D eigenvalue weighted by molar-refractivity contribution is -0.128. The maximum Gasteiger partial charge on any atom is 0.255 e. The third-order valence-corrected chi connectivity index (χ3v) is 4.89. The van der Waals surface area contributed by atoms with Crippen molar-refractivity contribution < 1.29 is 19.1 Å². The lowest BCUT2D eigenvalue weighted by atomic mass is 10.1. The van der Waals surface area contributed by atoms with Crippen molar-refractivity contribution in [3.8, 4) is 11.5 Å². The molecule has 30 heavy (non-hydrogen) atoms. The first-order valence-corrected chi connectivity index (χ1v) is 10.7. The Bertz CT molecular complexity index is 864. The Balaban J connectivity index is 1.64. The van der Waals surface area contributed by atoms with Gasteiger partial charge in [0.25, 0.3) is 5.91 Å². The van der Waals surface area contributed by atoms with Crippen LogP contribution in [0.25, 0.3) is 0 Å². The van der Waals surface area contributed by atoms with Crippen molar-refractivity contribution in [2.45, 2.75) is 46.1 Å². The number of nitrogens with zero attached hydrogens (tertiary/aromatic N) is 1. The van der Waals surface area contributed by atoms with E-state index in [-0.39, 0.29) is 11.8 Å². The van der Waals surface area contributed by atoms with E-state index in [1.165, 1.54) is 0 Å². The average molecular weight is 411 g/mol. The Morgan fingerprint density at radius 3 is 2.33 bits per heavy atom. The summed E-state index contributed by atoms with van der Waals surface area (Å²) in [5, 5.41) is 2.92. The van der Waals surface area contributed by atoms with Crippen LogP contribution in [0.1, 0.15) is 55.5 Å². The maximum atomic E-state index is 12.7. The highest BCUT2D eigenvalue weighted by molar-refractivity contribution is 6.04. The van der Waals surface area contributed by atoms with Crippen molar-refractivity contribution in [1.29, 1.82) is 0 Å². The Labute approximate surface area is 178 Å². The molecule has 2 aromatic rings. The van der Waals surface area contributed by atoms with E-state index >= 15 is 0 Å². The first-order chi connectivity index (χ1) is 14.6. The van der Waals surface area contributed by atoms with E-state index in [0.29, 0.717) is 48.9 Å². The molecule has 6 heteroatoms. The normalized spacial score (nSPS) is 13.4. The lowest BCUT2D eigenvalue weighted by Crippen LogP contribution is -2.23. The molecule has 1 heterocycles. The van der Waals surface area contributed by atoms with E-state index in [0.717, 1.165) is 31.4 Å². The van der Waals surface area contributed by atoms with Crippen LogP contribution >= 0.6 is 0 Å². The predicted octanol–water partition coefficient (Wildman–Crippen LogP) is 4.64. The monoisotopic (exact) mass is 410 g/mol. The Hall–Kier alpha value is -3.02. The van der Waals surface area contributed by atoms with Crippen LogP contribution in [0.3, 0.4) is 0 Å². The van der Waals surface area contributed by atoms with E-state index in [1.807, 2.05) is 36.1 Å². The number of anilines is 1. The van der Waals surface area contributed by atoms with Gasteiger partial charge in [0.2, 0.25) is 5.91 Å². The first-order valence-electron chi connectivity index (χ1n) is 10.7. The van der Waals surface area contributed by atoms with Crippen LogP contribution in [0.4, 0.5) is 5.69 Å². The second-order valence-corrected chi connectivity index (χ2v) is 7.43. The lowest BCUT2D eigenvalue weighted by Gasteiger charge is -2.16. The smallest absolute Gasteiger partial charge is 0.255 e. The van der Waals surface area contributed by atoms with Gasteiger partial charge in [0.05, 0.1) is 13.2 Å². The average Bonchev–Trinajstić information content (AvgIpc) is 3.16. The third kappa shape index (κ3) is 5.75. The minimum Gasteiger partial charge on any atom is -0.490 e. The molecule has 0 spiro atoms. The van der Waals surface area contributed by atoms with Gasteiger partial charge in [-0.3, -0.25) is 9.59 Å².